The fourth-order valence-electron chi connectivity index (χ4n) is 1.89. The van der Waals surface area contributed by atoms with Gasteiger partial charge in [0, 0.05) is 18.2 Å². The number of nitrogens with one attached hydrogen (secondary N) is 1. The highest BCUT2D eigenvalue weighted by Gasteiger charge is 2.14. The second kappa shape index (κ2) is 6.77. The molecule has 0 bridgehead atoms. The molecule has 0 aliphatic carbocycles. The summed E-state index contributed by atoms with van der Waals surface area (Å²) in [6.07, 6.45) is 0. The SMILES string of the molecule is CC(NCc1ccccc1F)c1ccc(Cl)c(Cl)c1Cl. The van der Waals surface area contributed by atoms with E-state index in [-0.39, 0.29) is 11.9 Å². The molecule has 106 valence electrons. The number of hydrogen-bond acceptors (Lipinski definition) is 1. The van der Waals surface area contributed by atoms with Crippen LogP contribution in [-0.2, 0) is 6.54 Å². The average Bonchev–Trinajstić information content (AvgIpc) is 2.44. The van der Waals surface area contributed by atoms with E-state index in [1.54, 1.807) is 24.3 Å². The summed E-state index contributed by atoms with van der Waals surface area (Å²) in [7, 11) is 0. The predicted octanol–water partition coefficient (Wildman–Crippen LogP) is 5.64. The zero-order valence-electron chi connectivity index (χ0n) is 10.8. The summed E-state index contributed by atoms with van der Waals surface area (Å²) in [5, 5.41) is 4.40. The van der Waals surface area contributed by atoms with E-state index < -0.39 is 0 Å². The van der Waals surface area contributed by atoms with Crippen molar-refractivity contribution in [1.82, 2.24) is 5.32 Å². The van der Waals surface area contributed by atoms with Gasteiger partial charge < -0.3 is 5.32 Å². The highest BCUT2D eigenvalue weighted by atomic mass is 35.5. The van der Waals surface area contributed by atoms with Crippen LogP contribution in [0.2, 0.25) is 15.1 Å². The van der Waals surface area contributed by atoms with Crippen molar-refractivity contribution in [3.05, 3.63) is 68.4 Å². The topological polar surface area (TPSA) is 12.0 Å². The Hall–Kier alpha value is -0.800. The number of hydrogen-bond donors (Lipinski definition) is 1. The maximum Gasteiger partial charge on any atom is 0.127 e. The zero-order chi connectivity index (χ0) is 14.7. The minimum Gasteiger partial charge on any atom is -0.306 e. The Bertz CT molecular complexity index is 616. The van der Waals surface area contributed by atoms with Crippen molar-refractivity contribution in [2.24, 2.45) is 0 Å². The molecule has 2 rings (SSSR count). The first kappa shape index (κ1) is 15.6. The van der Waals surface area contributed by atoms with Crippen molar-refractivity contribution in [2.45, 2.75) is 19.5 Å². The Morgan fingerprint density at radius 1 is 1.05 bits per heavy atom. The maximum absolute atomic E-state index is 13.5. The quantitative estimate of drug-likeness (QED) is 0.715. The Kier molecular flexibility index (Phi) is 5.28. The Labute approximate surface area is 132 Å². The largest absolute Gasteiger partial charge is 0.306 e. The molecule has 1 atom stereocenters. The van der Waals surface area contributed by atoms with Gasteiger partial charge in [0.2, 0.25) is 0 Å². The molecule has 0 aromatic heterocycles. The molecule has 0 spiro atoms. The molecule has 0 amide bonds. The summed E-state index contributed by atoms with van der Waals surface area (Å²) in [6, 6.07) is 10.1. The molecule has 20 heavy (non-hydrogen) atoms. The molecule has 0 saturated heterocycles. The lowest BCUT2D eigenvalue weighted by Crippen LogP contribution is -2.19. The van der Waals surface area contributed by atoms with E-state index in [0.29, 0.717) is 27.2 Å². The third-order valence-corrected chi connectivity index (χ3v) is 4.40. The van der Waals surface area contributed by atoms with E-state index in [4.69, 9.17) is 34.8 Å². The molecular formula is C15H13Cl3FN. The van der Waals surface area contributed by atoms with Gasteiger partial charge in [-0.1, -0.05) is 59.1 Å². The molecule has 0 aliphatic rings. The second-order valence-corrected chi connectivity index (χ2v) is 5.62. The lowest BCUT2D eigenvalue weighted by molar-refractivity contribution is 0.544. The third-order valence-electron chi connectivity index (χ3n) is 3.09. The lowest BCUT2D eigenvalue weighted by atomic mass is 10.1. The first-order valence-electron chi connectivity index (χ1n) is 6.11. The molecule has 0 radical (unpaired) electrons. The minimum atomic E-state index is -0.229. The smallest absolute Gasteiger partial charge is 0.127 e. The Balaban J connectivity index is 2.11. The molecule has 0 heterocycles. The van der Waals surface area contributed by atoms with Crippen LogP contribution in [0.5, 0.6) is 0 Å². The Morgan fingerprint density at radius 3 is 2.45 bits per heavy atom. The van der Waals surface area contributed by atoms with Gasteiger partial charge in [-0.2, -0.15) is 0 Å². The molecule has 0 fully saturated rings. The van der Waals surface area contributed by atoms with Crippen molar-refractivity contribution in [3.8, 4) is 0 Å². The zero-order valence-corrected chi connectivity index (χ0v) is 13.0. The van der Waals surface area contributed by atoms with Gasteiger partial charge in [0.1, 0.15) is 5.82 Å². The fourth-order valence-corrected chi connectivity index (χ4v) is 2.60. The molecule has 0 saturated carbocycles. The van der Waals surface area contributed by atoms with Crippen LogP contribution in [-0.4, -0.2) is 0 Å². The van der Waals surface area contributed by atoms with E-state index in [1.807, 2.05) is 13.0 Å². The van der Waals surface area contributed by atoms with Crippen LogP contribution < -0.4 is 5.32 Å². The van der Waals surface area contributed by atoms with Crippen LogP contribution in [0, 0.1) is 5.82 Å². The molecule has 2 aromatic carbocycles. The number of halogens is 4. The van der Waals surface area contributed by atoms with Gasteiger partial charge in [-0.3, -0.25) is 0 Å². The van der Waals surface area contributed by atoms with Crippen LogP contribution in [0.3, 0.4) is 0 Å². The predicted molar refractivity (Wildman–Crippen MR) is 83.1 cm³/mol. The van der Waals surface area contributed by atoms with Crippen LogP contribution in [0.4, 0.5) is 4.39 Å². The van der Waals surface area contributed by atoms with Gasteiger partial charge in [-0.25, -0.2) is 4.39 Å². The van der Waals surface area contributed by atoms with Gasteiger partial charge in [-0.15, -0.1) is 0 Å². The molecule has 0 aliphatic heterocycles. The van der Waals surface area contributed by atoms with Gasteiger partial charge in [-0.05, 0) is 24.6 Å². The maximum atomic E-state index is 13.5. The summed E-state index contributed by atoms with van der Waals surface area (Å²) in [4.78, 5) is 0. The van der Waals surface area contributed by atoms with Gasteiger partial charge >= 0.3 is 0 Å². The van der Waals surface area contributed by atoms with Crippen LogP contribution >= 0.6 is 34.8 Å². The average molecular weight is 333 g/mol. The van der Waals surface area contributed by atoms with Crippen molar-refractivity contribution in [1.29, 1.82) is 0 Å². The minimum absolute atomic E-state index is 0.0723. The first-order valence-corrected chi connectivity index (χ1v) is 7.24. The third kappa shape index (κ3) is 3.44. The van der Waals surface area contributed by atoms with Crippen LogP contribution in [0.25, 0.3) is 0 Å². The van der Waals surface area contributed by atoms with E-state index in [0.717, 1.165) is 5.56 Å². The van der Waals surface area contributed by atoms with Crippen molar-refractivity contribution < 1.29 is 4.39 Å². The van der Waals surface area contributed by atoms with Crippen molar-refractivity contribution in [3.63, 3.8) is 0 Å². The monoisotopic (exact) mass is 331 g/mol. The van der Waals surface area contributed by atoms with Crippen molar-refractivity contribution in [2.75, 3.05) is 0 Å². The second-order valence-electron chi connectivity index (χ2n) is 4.46. The standard InChI is InChI=1S/C15H13Cl3FN/c1-9(11-6-7-12(16)15(18)14(11)17)20-8-10-4-2-3-5-13(10)19/h2-7,9,20H,8H2,1H3. The fraction of sp³-hybridized carbons (Fsp3) is 0.200. The van der Waals surface area contributed by atoms with Gasteiger partial charge in [0.25, 0.3) is 0 Å². The lowest BCUT2D eigenvalue weighted by Gasteiger charge is -2.17. The molecule has 1 unspecified atom stereocenters. The molecule has 1 N–H and O–H groups in total. The van der Waals surface area contributed by atoms with E-state index in [2.05, 4.69) is 5.32 Å². The highest BCUT2D eigenvalue weighted by molar-refractivity contribution is 6.48. The Morgan fingerprint density at radius 2 is 1.75 bits per heavy atom. The summed E-state index contributed by atoms with van der Waals surface area (Å²) in [5.74, 6) is -0.229. The highest BCUT2D eigenvalue weighted by Crippen LogP contribution is 2.35. The van der Waals surface area contributed by atoms with Crippen LogP contribution in [0.1, 0.15) is 24.1 Å². The summed E-state index contributed by atoms with van der Waals surface area (Å²) < 4.78 is 13.5. The van der Waals surface area contributed by atoms with Crippen molar-refractivity contribution >= 4 is 34.8 Å². The normalized spacial score (nSPS) is 12.4. The summed E-state index contributed by atoms with van der Waals surface area (Å²) >= 11 is 18.1. The van der Waals surface area contributed by atoms with E-state index in [9.17, 15) is 4.39 Å². The van der Waals surface area contributed by atoms with Gasteiger partial charge in [0.15, 0.2) is 0 Å². The first-order chi connectivity index (χ1) is 9.50. The molecular weight excluding hydrogens is 320 g/mol. The molecule has 2 aromatic rings. The summed E-state index contributed by atoms with van der Waals surface area (Å²) in [5.41, 5.74) is 1.44. The van der Waals surface area contributed by atoms with Gasteiger partial charge in [0.05, 0.1) is 15.1 Å². The van der Waals surface area contributed by atoms with Crippen LogP contribution in [0.15, 0.2) is 36.4 Å². The number of benzene rings is 2. The summed E-state index contributed by atoms with van der Waals surface area (Å²) in [6.45, 7) is 2.34. The molecule has 1 nitrogen and oxygen atoms in total. The van der Waals surface area contributed by atoms with E-state index in [1.165, 1.54) is 6.07 Å². The number of rotatable bonds is 4. The van der Waals surface area contributed by atoms with E-state index >= 15 is 0 Å². The molecule has 5 heteroatoms.